The first-order valence-corrected chi connectivity index (χ1v) is 9.48. The van der Waals surface area contributed by atoms with Crippen molar-refractivity contribution >= 4 is 5.91 Å². The summed E-state index contributed by atoms with van der Waals surface area (Å²) < 4.78 is 21.7. The summed E-state index contributed by atoms with van der Waals surface area (Å²) in [4.78, 5) is 15.0. The standard InChI is InChI=1S/C22H27NO6/c1-26-17-6-4-5-15(11-17)12-21(25)23-9-10-29-20(14-24)22(23)16-7-8-18(27-2)19(13-16)28-3/h4-8,11,13,20,22,24H,9-10,12,14H2,1-3H3/t20-,22-/m1/s1. The molecule has 1 aliphatic rings. The van der Waals surface area contributed by atoms with E-state index in [2.05, 4.69) is 0 Å². The maximum absolute atomic E-state index is 13.2. The molecule has 0 saturated carbocycles. The highest BCUT2D eigenvalue weighted by molar-refractivity contribution is 5.79. The molecule has 7 heteroatoms. The van der Waals surface area contributed by atoms with Crippen LogP contribution in [0.2, 0.25) is 0 Å². The van der Waals surface area contributed by atoms with Crippen LogP contribution in [0.5, 0.6) is 17.2 Å². The third-order valence-electron chi connectivity index (χ3n) is 5.09. The van der Waals surface area contributed by atoms with Gasteiger partial charge in [-0.3, -0.25) is 4.79 Å². The van der Waals surface area contributed by atoms with E-state index in [0.29, 0.717) is 30.4 Å². The van der Waals surface area contributed by atoms with Crippen LogP contribution in [0.4, 0.5) is 0 Å². The van der Waals surface area contributed by atoms with Crippen molar-refractivity contribution in [1.82, 2.24) is 4.90 Å². The fourth-order valence-corrected chi connectivity index (χ4v) is 3.66. The molecule has 156 valence electrons. The minimum absolute atomic E-state index is 0.0419. The molecule has 0 bridgehead atoms. The molecule has 2 aromatic rings. The zero-order chi connectivity index (χ0) is 20.8. The quantitative estimate of drug-likeness (QED) is 0.767. The van der Waals surface area contributed by atoms with E-state index in [1.54, 1.807) is 32.3 Å². The van der Waals surface area contributed by atoms with Gasteiger partial charge in [0, 0.05) is 6.54 Å². The Morgan fingerprint density at radius 2 is 1.90 bits per heavy atom. The second kappa shape index (κ2) is 9.62. The Bertz CT molecular complexity index is 840. The predicted molar refractivity (Wildman–Crippen MR) is 108 cm³/mol. The summed E-state index contributed by atoms with van der Waals surface area (Å²) in [5.74, 6) is 1.83. The van der Waals surface area contributed by atoms with E-state index >= 15 is 0 Å². The van der Waals surface area contributed by atoms with Crippen LogP contribution in [0.25, 0.3) is 0 Å². The molecule has 1 saturated heterocycles. The summed E-state index contributed by atoms with van der Waals surface area (Å²) in [5, 5.41) is 9.87. The highest BCUT2D eigenvalue weighted by Crippen LogP contribution is 2.36. The number of morpholine rings is 1. The Kier molecular flexibility index (Phi) is 6.95. The molecule has 0 aliphatic carbocycles. The number of hydrogen-bond acceptors (Lipinski definition) is 6. The Labute approximate surface area is 170 Å². The number of methoxy groups -OCH3 is 3. The first-order chi connectivity index (χ1) is 14.1. The van der Waals surface area contributed by atoms with Gasteiger partial charge in [0.2, 0.25) is 5.91 Å². The number of aliphatic hydroxyl groups is 1. The first-order valence-electron chi connectivity index (χ1n) is 9.48. The lowest BCUT2D eigenvalue weighted by molar-refractivity contribution is -0.149. The van der Waals surface area contributed by atoms with Crippen molar-refractivity contribution in [3.05, 3.63) is 53.6 Å². The van der Waals surface area contributed by atoms with Gasteiger partial charge >= 0.3 is 0 Å². The Hall–Kier alpha value is -2.77. The van der Waals surface area contributed by atoms with Crippen molar-refractivity contribution in [3.8, 4) is 17.2 Å². The number of aliphatic hydroxyl groups excluding tert-OH is 1. The fraction of sp³-hybridized carbons (Fsp3) is 0.409. The Morgan fingerprint density at radius 1 is 1.10 bits per heavy atom. The van der Waals surface area contributed by atoms with Gasteiger partial charge in [-0.25, -0.2) is 0 Å². The lowest BCUT2D eigenvalue weighted by Crippen LogP contribution is -2.49. The van der Waals surface area contributed by atoms with E-state index in [-0.39, 0.29) is 18.9 Å². The van der Waals surface area contributed by atoms with Crippen LogP contribution in [-0.2, 0) is 16.0 Å². The monoisotopic (exact) mass is 401 g/mol. The molecule has 2 atom stereocenters. The predicted octanol–water partition coefficient (Wildman–Crippen LogP) is 2.22. The number of amides is 1. The third kappa shape index (κ3) is 4.63. The van der Waals surface area contributed by atoms with Crippen LogP contribution < -0.4 is 14.2 Å². The Morgan fingerprint density at radius 3 is 2.59 bits per heavy atom. The molecule has 1 N–H and O–H groups in total. The number of hydrogen-bond donors (Lipinski definition) is 1. The second-order valence-electron chi connectivity index (χ2n) is 6.77. The number of carbonyl (C=O) groups is 1. The molecule has 0 spiro atoms. The molecule has 0 unspecified atom stereocenters. The lowest BCUT2D eigenvalue weighted by atomic mass is 9.97. The molecule has 7 nitrogen and oxygen atoms in total. The van der Waals surface area contributed by atoms with E-state index in [4.69, 9.17) is 18.9 Å². The van der Waals surface area contributed by atoms with E-state index in [9.17, 15) is 9.90 Å². The van der Waals surface area contributed by atoms with Gasteiger partial charge in [-0.05, 0) is 35.4 Å². The van der Waals surface area contributed by atoms with Crippen LogP contribution in [0.3, 0.4) is 0 Å². The molecule has 0 aromatic heterocycles. The zero-order valence-corrected chi connectivity index (χ0v) is 17.0. The summed E-state index contributed by atoms with van der Waals surface area (Å²) in [6.07, 6.45) is -0.282. The molecule has 1 aliphatic heterocycles. The van der Waals surface area contributed by atoms with Crippen LogP contribution in [-0.4, -0.2) is 63.1 Å². The molecule has 1 fully saturated rings. The second-order valence-corrected chi connectivity index (χ2v) is 6.77. The van der Waals surface area contributed by atoms with Crippen LogP contribution >= 0.6 is 0 Å². The van der Waals surface area contributed by atoms with Crippen LogP contribution in [0, 0.1) is 0 Å². The van der Waals surface area contributed by atoms with Crippen molar-refractivity contribution in [2.24, 2.45) is 0 Å². The molecule has 3 rings (SSSR count). The average Bonchev–Trinajstić information content (AvgIpc) is 2.78. The summed E-state index contributed by atoms with van der Waals surface area (Å²) in [7, 11) is 4.73. The lowest BCUT2D eigenvalue weighted by Gasteiger charge is -2.41. The van der Waals surface area contributed by atoms with Crippen LogP contribution in [0.15, 0.2) is 42.5 Å². The van der Waals surface area contributed by atoms with Crippen LogP contribution in [0.1, 0.15) is 17.2 Å². The largest absolute Gasteiger partial charge is 0.497 e. The summed E-state index contributed by atoms with van der Waals surface area (Å²) in [5.41, 5.74) is 1.69. The number of ether oxygens (including phenoxy) is 4. The van der Waals surface area contributed by atoms with Gasteiger partial charge in [-0.1, -0.05) is 18.2 Å². The number of rotatable bonds is 7. The van der Waals surface area contributed by atoms with Gasteiger partial charge in [-0.15, -0.1) is 0 Å². The van der Waals surface area contributed by atoms with Crippen molar-refractivity contribution < 1.29 is 28.8 Å². The van der Waals surface area contributed by atoms with Gasteiger partial charge in [-0.2, -0.15) is 0 Å². The number of benzene rings is 2. The molecule has 1 heterocycles. The third-order valence-corrected chi connectivity index (χ3v) is 5.09. The average molecular weight is 401 g/mol. The van der Waals surface area contributed by atoms with Gasteiger partial charge in [0.05, 0.1) is 47.0 Å². The smallest absolute Gasteiger partial charge is 0.227 e. The van der Waals surface area contributed by atoms with Crippen molar-refractivity contribution in [2.75, 3.05) is 41.1 Å². The molecular weight excluding hydrogens is 374 g/mol. The maximum Gasteiger partial charge on any atom is 0.227 e. The zero-order valence-electron chi connectivity index (χ0n) is 17.0. The minimum Gasteiger partial charge on any atom is -0.497 e. The van der Waals surface area contributed by atoms with E-state index < -0.39 is 12.1 Å². The highest BCUT2D eigenvalue weighted by atomic mass is 16.5. The first kappa shape index (κ1) is 21.0. The van der Waals surface area contributed by atoms with Crippen molar-refractivity contribution in [3.63, 3.8) is 0 Å². The SMILES string of the molecule is COc1cccc(CC(=O)N2CCO[C@H](CO)[C@H]2c2ccc(OC)c(OC)c2)c1. The van der Waals surface area contributed by atoms with Gasteiger partial charge in [0.15, 0.2) is 11.5 Å². The highest BCUT2D eigenvalue weighted by Gasteiger charge is 2.36. The fourth-order valence-electron chi connectivity index (χ4n) is 3.66. The molecule has 1 amide bonds. The van der Waals surface area contributed by atoms with E-state index in [0.717, 1.165) is 11.1 Å². The summed E-state index contributed by atoms with van der Waals surface area (Å²) in [6.45, 7) is 0.624. The summed E-state index contributed by atoms with van der Waals surface area (Å²) in [6, 6.07) is 12.5. The molecule has 2 aromatic carbocycles. The Balaban J connectivity index is 1.90. The number of carbonyl (C=O) groups excluding carboxylic acids is 1. The minimum atomic E-state index is -0.517. The van der Waals surface area contributed by atoms with Gasteiger partial charge in [0.1, 0.15) is 11.9 Å². The molecule has 29 heavy (non-hydrogen) atoms. The van der Waals surface area contributed by atoms with E-state index in [1.807, 2.05) is 36.4 Å². The van der Waals surface area contributed by atoms with Crippen molar-refractivity contribution in [2.45, 2.75) is 18.6 Å². The number of nitrogens with zero attached hydrogens (tertiary/aromatic N) is 1. The van der Waals surface area contributed by atoms with Gasteiger partial charge in [0.25, 0.3) is 0 Å². The maximum atomic E-state index is 13.2. The normalized spacial score (nSPS) is 19.0. The van der Waals surface area contributed by atoms with Gasteiger partial charge < -0.3 is 29.0 Å². The van der Waals surface area contributed by atoms with Crippen molar-refractivity contribution in [1.29, 1.82) is 0 Å². The molecule has 0 radical (unpaired) electrons. The van der Waals surface area contributed by atoms with E-state index in [1.165, 1.54) is 0 Å². The molecular formula is C22H27NO6. The summed E-state index contributed by atoms with van der Waals surface area (Å²) >= 11 is 0. The topological polar surface area (TPSA) is 77.5 Å².